The Hall–Kier alpha value is -2.53. The standard InChI is InChI=1S/C65H120N2O21/c1-4-6-8-10-12-14-16-18-20-22-23-25-27-29-31-33-35-37-39-52(75)67-46(47(72)38-36-34-32-30-28-26-24-21-19-17-15-13-11-9-7-5-2)44-83-62-57(79)56(78)59(51(43-70)85-62)86-63-58(80)61(55(77)50(42-69)84-63)88-65(64(81)82)40-48(73)53(66-45(3)71)60(87-65)54(76)49(74)41-68/h23,25,46-51,53-63,68-70,72-74,76-80H,4-22,24,26-44H2,1-3H3,(H,66,71)(H,67,75)(H,81,82)/b25-23-. The molecule has 3 rings (SSSR count). The lowest BCUT2D eigenvalue weighted by molar-refractivity contribution is -0.386. The van der Waals surface area contributed by atoms with Gasteiger partial charge in [-0.3, -0.25) is 9.59 Å². The summed E-state index contributed by atoms with van der Waals surface area (Å²) in [5.74, 6) is -6.11. The Morgan fingerprint density at radius 2 is 1.06 bits per heavy atom. The van der Waals surface area contributed by atoms with Crippen LogP contribution in [0.3, 0.4) is 0 Å². The minimum Gasteiger partial charge on any atom is -0.477 e. The van der Waals surface area contributed by atoms with Crippen molar-refractivity contribution in [3.8, 4) is 0 Å². The number of ether oxygens (including phenoxy) is 6. The molecule has 23 nitrogen and oxygen atoms in total. The molecule has 3 aliphatic heterocycles. The molecule has 0 saturated carbocycles. The van der Waals surface area contributed by atoms with E-state index in [9.17, 15) is 75.7 Å². The minimum absolute atomic E-state index is 0.215. The highest BCUT2D eigenvalue weighted by atomic mass is 16.8. The number of allylic oxidation sites excluding steroid dienone is 2. The molecule has 0 aromatic carbocycles. The fourth-order valence-electron chi connectivity index (χ4n) is 12.0. The fourth-order valence-corrected chi connectivity index (χ4v) is 12.0. The lowest BCUT2D eigenvalue weighted by Gasteiger charge is -2.50. The summed E-state index contributed by atoms with van der Waals surface area (Å²) in [6.07, 6.45) is 13.6. The van der Waals surface area contributed by atoms with Gasteiger partial charge in [0.15, 0.2) is 12.6 Å². The van der Waals surface area contributed by atoms with Gasteiger partial charge in [0, 0.05) is 19.8 Å². The van der Waals surface area contributed by atoms with Gasteiger partial charge < -0.3 is 100 Å². The van der Waals surface area contributed by atoms with E-state index >= 15 is 0 Å². The average molecular weight is 1270 g/mol. The van der Waals surface area contributed by atoms with E-state index in [1.54, 1.807) is 0 Å². The largest absolute Gasteiger partial charge is 0.477 e. The van der Waals surface area contributed by atoms with Gasteiger partial charge in [0.25, 0.3) is 5.79 Å². The molecule has 0 aromatic rings. The Morgan fingerprint density at radius 1 is 0.580 bits per heavy atom. The number of carbonyl (C=O) groups is 3. The molecule has 0 aliphatic carbocycles. The zero-order valence-corrected chi connectivity index (χ0v) is 53.6. The van der Waals surface area contributed by atoms with E-state index in [0.717, 1.165) is 71.1 Å². The highest BCUT2D eigenvalue weighted by Crippen LogP contribution is 2.39. The number of carboxylic acid groups (broad SMARTS) is 1. The van der Waals surface area contributed by atoms with Crippen LogP contribution in [0.15, 0.2) is 12.2 Å². The van der Waals surface area contributed by atoms with E-state index in [0.29, 0.717) is 19.3 Å². The Labute approximate surface area is 524 Å². The summed E-state index contributed by atoms with van der Waals surface area (Å²) >= 11 is 0. The van der Waals surface area contributed by atoms with Crippen molar-refractivity contribution in [2.45, 2.75) is 355 Å². The smallest absolute Gasteiger partial charge is 0.364 e. The third-order valence-corrected chi connectivity index (χ3v) is 17.5. The minimum atomic E-state index is -3.08. The number of nitrogens with one attached hydrogen (secondary N) is 2. The molecule has 3 heterocycles. The monoisotopic (exact) mass is 1260 g/mol. The van der Waals surface area contributed by atoms with Crippen molar-refractivity contribution in [3.05, 3.63) is 12.2 Å². The Balaban J connectivity index is 1.61. The van der Waals surface area contributed by atoms with Crippen molar-refractivity contribution < 1.29 is 104 Å². The summed E-state index contributed by atoms with van der Waals surface area (Å²) in [4.78, 5) is 38.5. The summed E-state index contributed by atoms with van der Waals surface area (Å²) in [6, 6.07) is -2.53. The second-order valence-electron chi connectivity index (χ2n) is 25.0. The summed E-state index contributed by atoms with van der Waals surface area (Å²) in [5, 5.41) is 136. The van der Waals surface area contributed by atoms with Crippen molar-refractivity contribution in [3.63, 3.8) is 0 Å². The van der Waals surface area contributed by atoms with Crippen molar-refractivity contribution in [2.75, 3.05) is 26.4 Å². The van der Waals surface area contributed by atoms with Crippen LogP contribution in [0.25, 0.3) is 0 Å². The highest BCUT2D eigenvalue weighted by Gasteiger charge is 2.60. The number of hydrogen-bond donors (Lipinski definition) is 14. The number of rotatable bonds is 51. The molecular weight excluding hydrogens is 1140 g/mol. The van der Waals surface area contributed by atoms with Crippen molar-refractivity contribution in [1.82, 2.24) is 10.6 Å². The van der Waals surface area contributed by atoms with Gasteiger partial charge in [-0.05, 0) is 38.5 Å². The first-order chi connectivity index (χ1) is 42.4. The average Bonchev–Trinajstić information content (AvgIpc) is 1.23. The molecule has 0 spiro atoms. The van der Waals surface area contributed by atoms with Crippen molar-refractivity contribution >= 4 is 17.8 Å². The number of amides is 2. The normalized spacial score (nSPS) is 29.0. The molecule has 0 bridgehead atoms. The zero-order chi connectivity index (χ0) is 64.7. The van der Waals surface area contributed by atoms with E-state index in [2.05, 4.69) is 36.6 Å². The molecule has 18 unspecified atom stereocenters. The molecule has 2 amide bonds. The molecule has 516 valence electrons. The number of aliphatic hydroxyl groups excluding tert-OH is 11. The first-order valence-corrected chi connectivity index (χ1v) is 34.0. The molecule has 0 radical (unpaired) electrons. The summed E-state index contributed by atoms with van der Waals surface area (Å²) in [5.41, 5.74) is 0. The topological polar surface area (TPSA) is 373 Å². The van der Waals surface area contributed by atoms with Crippen LogP contribution in [0.5, 0.6) is 0 Å². The third kappa shape index (κ3) is 29.2. The highest BCUT2D eigenvalue weighted by molar-refractivity contribution is 5.77. The number of aliphatic hydroxyl groups is 11. The van der Waals surface area contributed by atoms with Gasteiger partial charge in [-0.1, -0.05) is 199 Å². The first kappa shape index (κ1) is 79.7. The molecule has 23 heteroatoms. The lowest BCUT2D eigenvalue weighted by Crippen LogP contribution is -2.70. The van der Waals surface area contributed by atoms with Gasteiger partial charge in [-0.2, -0.15) is 0 Å². The van der Waals surface area contributed by atoms with Gasteiger partial charge in [0.2, 0.25) is 11.8 Å². The van der Waals surface area contributed by atoms with Crippen molar-refractivity contribution in [1.29, 1.82) is 0 Å². The molecule has 3 aliphatic rings. The molecule has 18 atom stereocenters. The number of aliphatic carboxylic acids is 1. The van der Waals surface area contributed by atoms with Gasteiger partial charge in [0.1, 0.15) is 67.1 Å². The predicted octanol–water partition coefficient (Wildman–Crippen LogP) is 5.51. The zero-order valence-electron chi connectivity index (χ0n) is 53.6. The van der Waals surface area contributed by atoms with E-state index in [1.165, 1.54) is 128 Å². The van der Waals surface area contributed by atoms with Crippen LogP contribution in [0.4, 0.5) is 0 Å². The van der Waals surface area contributed by atoms with E-state index in [-0.39, 0.29) is 18.9 Å². The molecule has 0 aromatic heterocycles. The summed E-state index contributed by atoms with van der Waals surface area (Å²) < 4.78 is 34.8. The molecule has 88 heavy (non-hydrogen) atoms. The number of hydrogen-bond acceptors (Lipinski definition) is 20. The Bertz CT molecular complexity index is 1840. The third-order valence-electron chi connectivity index (χ3n) is 17.5. The Morgan fingerprint density at radius 3 is 1.53 bits per heavy atom. The molecule has 3 saturated heterocycles. The maximum Gasteiger partial charge on any atom is 0.364 e. The van der Waals surface area contributed by atoms with Crippen LogP contribution in [0.2, 0.25) is 0 Å². The van der Waals surface area contributed by atoms with Crippen molar-refractivity contribution in [2.24, 2.45) is 0 Å². The summed E-state index contributed by atoms with van der Waals surface area (Å²) in [6.45, 7) is 2.20. The Kier molecular flexibility index (Phi) is 42.1. The van der Waals surface area contributed by atoms with Crippen LogP contribution in [0.1, 0.15) is 245 Å². The van der Waals surface area contributed by atoms with Gasteiger partial charge in [-0.15, -0.1) is 0 Å². The van der Waals surface area contributed by atoms with Gasteiger partial charge in [0.05, 0.1) is 50.7 Å². The second kappa shape index (κ2) is 46.5. The second-order valence-corrected chi connectivity index (χ2v) is 25.0. The van der Waals surface area contributed by atoms with E-state index in [4.69, 9.17) is 28.4 Å². The number of carbonyl (C=O) groups excluding carboxylic acids is 2. The number of unbranched alkanes of at least 4 members (excludes halogenated alkanes) is 29. The number of carboxylic acids is 1. The van der Waals surface area contributed by atoms with Crippen LogP contribution in [0, 0.1) is 0 Å². The summed E-state index contributed by atoms with van der Waals surface area (Å²) in [7, 11) is 0. The van der Waals surface area contributed by atoms with Crippen LogP contribution < -0.4 is 10.6 Å². The van der Waals surface area contributed by atoms with Crippen LogP contribution in [-0.2, 0) is 42.8 Å². The maximum atomic E-state index is 13.5. The quantitative estimate of drug-likeness (QED) is 0.0264. The lowest BCUT2D eigenvalue weighted by atomic mass is 9.88. The SMILES string of the molecule is CCCCCCCCCCC/C=C\CCCCCCCC(=O)NC(COC1OC(CO)C(OC2OC(CO)C(O)C(OC3(C(=O)O)CC(O)C(NC(C)=O)C(C(O)C(O)CO)O3)C2O)C(O)C1O)C(O)CCCCCCCCCCCCCCCCCC. The molecular formula is C65H120N2O21. The van der Waals surface area contributed by atoms with E-state index < -0.39 is 148 Å². The maximum absolute atomic E-state index is 13.5. The fraction of sp³-hybridized carbons (Fsp3) is 0.923. The van der Waals surface area contributed by atoms with Crippen LogP contribution >= 0.6 is 0 Å². The first-order valence-electron chi connectivity index (χ1n) is 34.0. The van der Waals surface area contributed by atoms with E-state index in [1.807, 2.05) is 0 Å². The molecule has 3 fully saturated rings. The predicted molar refractivity (Wildman–Crippen MR) is 329 cm³/mol. The van der Waals surface area contributed by atoms with Crippen LogP contribution in [-0.4, -0.2) is 215 Å². The molecule has 14 N–H and O–H groups in total. The van der Waals surface area contributed by atoms with Gasteiger partial charge >= 0.3 is 5.97 Å². The van der Waals surface area contributed by atoms with Gasteiger partial charge in [-0.25, -0.2) is 4.79 Å².